The predicted octanol–water partition coefficient (Wildman–Crippen LogP) is 1.90. The number of carbonyl (C=O) groups excluding carboxylic acids is 1. The number of carbonyl (C=O) groups is 1. The van der Waals surface area contributed by atoms with Gasteiger partial charge in [0, 0.05) is 31.9 Å². The van der Waals surface area contributed by atoms with Crippen molar-refractivity contribution >= 4 is 11.8 Å². The van der Waals surface area contributed by atoms with Crippen molar-refractivity contribution in [1.29, 1.82) is 0 Å². The quantitative estimate of drug-likeness (QED) is 0.154. The van der Waals surface area contributed by atoms with Gasteiger partial charge in [-0.1, -0.05) is 70.4 Å². The van der Waals surface area contributed by atoms with Gasteiger partial charge in [-0.25, -0.2) is 0 Å². The third-order valence-electron chi connectivity index (χ3n) is 5.65. The molecular weight excluding hydrogens is 399 g/mol. The Balaban J connectivity index is 0.00000900. The first-order chi connectivity index (χ1) is 14.7. The van der Waals surface area contributed by atoms with Crippen molar-refractivity contribution in [3.05, 3.63) is 12.2 Å². The summed E-state index contributed by atoms with van der Waals surface area (Å²) in [7, 11) is 0. The molecule has 0 saturated carbocycles. The zero-order valence-electron chi connectivity index (χ0n) is 20.4. The van der Waals surface area contributed by atoms with E-state index in [1.54, 1.807) is 0 Å². The molecule has 0 aliphatic carbocycles. The molecule has 0 saturated heterocycles. The van der Waals surface area contributed by atoms with Gasteiger partial charge in [0.05, 0.1) is 25.6 Å². The second-order valence-corrected chi connectivity index (χ2v) is 8.35. The van der Waals surface area contributed by atoms with Gasteiger partial charge in [-0.3, -0.25) is 4.99 Å². The molecule has 0 atom stereocenters. The van der Waals surface area contributed by atoms with Crippen LogP contribution < -0.4 is 34.7 Å². The minimum Gasteiger partial charge on any atom is -0.550 e. The summed E-state index contributed by atoms with van der Waals surface area (Å²) in [5.74, 6) is 0.152. The van der Waals surface area contributed by atoms with E-state index in [0.29, 0.717) is 6.61 Å². The summed E-state index contributed by atoms with van der Waals surface area (Å²) in [5.41, 5.74) is 0. The van der Waals surface area contributed by atoms with Gasteiger partial charge in [0.15, 0.2) is 0 Å². The van der Waals surface area contributed by atoms with Crippen molar-refractivity contribution in [2.24, 2.45) is 4.99 Å². The first-order valence-corrected chi connectivity index (χ1v) is 12.4. The number of amidine groups is 1. The van der Waals surface area contributed by atoms with Crippen molar-refractivity contribution < 1.29 is 44.2 Å². The summed E-state index contributed by atoms with van der Waals surface area (Å²) in [6.45, 7) is 5.70. The summed E-state index contributed by atoms with van der Waals surface area (Å²) in [5, 5.41) is 10.4. The smallest absolute Gasteiger partial charge is 0.550 e. The molecule has 0 aromatic rings. The van der Waals surface area contributed by atoms with Crippen LogP contribution in [0.5, 0.6) is 0 Å². The van der Waals surface area contributed by atoms with Crippen LogP contribution >= 0.6 is 0 Å². The molecule has 0 unspecified atom stereocenters. The molecule has 0 fully saturated rings. The number of rotatable bonds is 21. The van der Waals surface area contributed by atoms with Gasteiger partial charge in [0.1, 0.15) is 0 Å². The Bertz CT molecular complexity index is 483. The van der Waals surface area contributed by atoms with Crippen molar-refractivity contribution in [1.82, 2.24) is 4.90 Å². The van der Waals surface area contributed by atoms with Crippen molar-refractivity contribution in [2.75, 3.05) is 32.8 Å². The predicted molar refractivity (Wildman–Crippen MR) is 124 cm³/mol. The Kier molecular flexibility index (Phi) is 22.6. The SMILES string of the molecule is CCCCCCCC/C=C\CCCCCCCC1=NCCN1CCOCCC(=O)[O-].[Na+]. The van der Waals surface area contributed by atoms with Gasteiger partial charge in [0.2, 0.25) is 0 Å². The number of hydrogen-bond donors (Lipinski definition) is 0. The molecule has 0 N–H and O–H groups in total. The first kappa shape index (κ1) is 30.6. The number of unbranched alkanes of at least 4 members (excludes halogenated alkanes) is 11. The van der Waals surface area contributed by atoms with E-state index in [9.17, 15) is 9.90 Å². The number of hydrogen-bond acceptors (Lipinski definition) is 5. The number of carboxylic acid groups (broad SMARTS) is 1. The fourth-order valence-corrected chi connectivity index (χ4v) is 3.79. The summed E-state index contributed by atoms with van der Waals surface area (Å²) in [6.07, 6.45) is 23.0. The van der Waals surface area contributed by atoms with Gasteiger partial charge in [-0.05, 0) is 32.1 Å². The summed E-state index contributed by atoms with van der Waals surface area (Å²) in [6, 6.07) is 0. The van der Waals surface area contributed by atoms with Crippen LogP contribution in [0.4, 0.5) is 0 Å². The molecule has 174 valence electrons. The third-order valence-corrected chi connectivity index (χ3v) is 5.65. The van der Waals surface area contributed by atoms with E-state index in [0.717, 1.165) is 26.1 Å². The number of aliphatic carboxylic acids is 1. The van der Waals surface area contributed by atoms with E-state index < -0.39 is 5.97 Å². The molecule has 0 amide bonds. The number of carboxylic acids is 1. The molecule has 1 aliphatic heterocycles. The zero-order valence-corrected chi connectivity index (χ0v) is 22.4. The molecule has 0 aromatic carbocycles. The van der Waals surface area contributed by atoms with Crippen LogP contribution in [0.15, 0.2) is 17.1 Å². The van der Waals surface area contributed by atoms with E-state index in [1.807, 2.05) is 0 Å². The van der Waals surface area contributed by atoms with Crippen LogP contribution in [0.1, 0.15) is 103 Å². The minimum atomic E-state index is -1.05. The number of nitrogens with zero attached hydrogens (tertiary/aromatic N) is 2. The second-order valence-electron chi connectivity index (χ2n) is 8.35. The molecule has 5 nitrogen and oxygen atoms in total. The van der Waals surface area contributed by atoms with Crippen molar-refractivity contribution in [3.8, 4) is 0 Å². The topological polar surface area (TPSA) is 65.0 Å². The summed E-state index contributed by atoms with van der Waals surface area (Å²) < 4.78 is 5.36. The Morgan fingerprint density at radius 3 is 2.23 bits per heavy atom. The molecular formula is C25H45N2NaO3. The van der Waals surface area contributed by atoms with Gasteiger partial charge >= 0.3 is 29.6 Å². The maximum Gasteiger partial charge on any atom is 1.00 e. The van der Waals surface area contributed by atoms with E-state index in [4.69, 9.17) is 4.74 Å². The fraction of sp³-hybridized carbons (Fsp3) is 0.840. The zero-order chi connectivity index (χ0) is 21.7. The molecule has 1 rings (SSSR count). The molecule has 0 bridgehead atoms. The van der Waals surface area contributed by atoms with Gasteiger partial charge < -0.3 is 19.5 Å². The minimum absolute atomic E-state index is 0. The van der Waals surface area contributed by atoms with Gasteiger partial charge in [0.25, 0.3) is 0 Å². The van der Waals surface area contributed by atoms with Crippen LogP contribution in [-0.2, 0) is 9.53 Å². The van der Waals surface area contributed by atoms with Crippen LogP contribution in [0.2, 0.25) is 0 Å². The Hall–Kier alpha value is -0.360. The number of aliphatic imine (C=N–C) groups is 1. The first-order valence-electron chi connectivity index (χ1n) is 12.4. The van der Waals surface area contributed by atoms with Crippen LogP contribution in [0.25, 0.3) is 0 Å². The largest absolute Gasteiger partial charge is 1.00 e. The standard InChI is InChI=1S/C25H46N2O3.Na/c1-2-3-4-5-6-7-8-9-10-11-12-13-14-15-16-17-24-26-19-20-27(24)21-23-30-22-18-25(28)29;/h9-10H,2-8,11-23H2,1H3,(H,28,29);/q;+1/p-1/b10-9-;. The number of ether oxygens (including phenoxy) is 1. The van der Waals surface area contributed by atoms with E-state index in [2.05, 4.69) is 29.0 Å². The van der Waals surface area contributed by atoms with E-state index >= 15 is 0 Å². The normalized spacial score (nSPS) is 13.6. The molecule has 6 heteroatoms. The van der Waals surface area contributed by atoms with Gasteiger partial charge in [-0.2, -0.15) is 0 Å². The molecule has 0 radical (unpaired) electrons. The van der Waals surface area contributed by atoms with Crippen LogP contribution in [0, 0.1) is 0 Å². The molecule has 1 heterocycles. The maximum absolute atomic E-state index is 10.4. The van der Waals surface area contributed by atoms with Crippen LogP contribution in [0.3, 0.4) is 0 Å². The number of allylic oxidation sites excluding steroid dienone is 2. The van der Waals surface area contributed by atoms with E-state index in [1.165, 1.54) is 89.3 Å². The molecule has 0 aromatic heterocycles. The second kappa shape index (κ2) is 22.8. The maximum atomic E-state index is 10.4. The third kappa shape index (κ3) is 18.9. The van der Waals surface area contributed by atoms with Crippen molar-refractivity contribution in [3.63, 3.8) is 0 Å². The average Bonchev–Trinajstić information content (AvgIpc) is 3.17. The summed E-state index contributed by atoms with van der Waals surface area (Å²) in [4.78, 5) is 17.3. The molecule has 1 aliphatic rings. The van der Waals surface area contributed by atoms with Crippen LogP contribution in [-0.4, -0.2) is 49.6 Å². The average molecular weight is 445 g/mol. The molecule has 0 spiro atoms. The van der Waals surface area contributed by atoms with Gasteiger partial charge in [-0.15, -0.1) is 0 Å². The Labute approximate surface area is 213 Å². The fourth-order valence-electron chi connectivity index (χ4n) is 3.79. The van der Waals surface area contributed by atoms with E-state index in [-0.39, 0.29) is 42.6 Å². The Morgan fingerprint density at radius 1 is 0.968 bits per heavy atom. The Morgan fingerprint density at radius 2 is 1.58 bits per heavy atom. The summed E-state index contributed by atoms with van der Waals surface area (Å²) >= 11 is 0. The van der Waals surface area contributed by atoms with Crippen molar-refractivity contribution in [2.45, 2.75) is 103 Å². The monoisotopic (exact) mass is 444 g/mol. The molecule has 31 heavy (non-hydrogen) atoms.